The molecule has 2 aromatic heterocycles. The molecule has 41 heavy (non-hydrogen) atoms. The first kappa shape index (κ1) is 22.3. The molecule has 0 spiro atoms. The average molecular weight is 522 g/mol. The number of nitrogens with zero attached hydrogens (tertiary/aromatic N) is 3. The van der Waals surface area contributed by atoms with Gasteiger partial charge in [0.05, 0.1) is 16.6 Å². The molecule has 0 bridgehead atoms. The molecule has 3 nitrogen and oxygen atoms in total. The summed E-state index contributed by atoms with van der Waals surface area (Å²) >= 11 is 0. The van der Waals surface area contributed by atoms with Gasteiger partial charge in [-0.2, -0.15) is 0 Å². The van der Waals surface area contributed by atoms with Crippen LogP contribution in [0.5, 0.6) is 0 Å². The van der Waals surface area contributed by atoms with E-state index in [0.717, 1.165) is 39.1 Å². The second kappa shape index (κ2) is 8.48. The molecule has 3 heteroatoms. The van der Waals surface area contributed by atoms with Crippen molar-refractivity contribution in [2.24, 2.45) is 0 Å². The van der Waals surface area contributed by atoms with E-state index in [9.17, 15) is 0 Å². The SMILES string of the molecule is c1ccc2cc(-c3nc(-n4c5cc6ccccc6cc5c5c6ccccc6ccc54)c4ccccc4n3)ccc2c1. The summed E-state index contributed by atoms with van der Waals surface area (Å²) in [6.07, 6.45) is 0. The van der Waals surface area contributed by atoms with E-state index in [1.807, 2.05) is 0 Å². The van der Waals surface area contributed by atoms with Crippen LogP contribution in [0.1, 0.15) is 0 Å². The Bertz CT molecular complexity index is 2490. The van der Waals surface area contributed by atoms with Crippen LogP contribution in [-0.2, 0) is 0 Å². The summed E-state index contributed by atoms with van der Waals surface area (Å²) in [5, 5.41) is 10.8. The Morgan fingerprint density at radius 3 is 1.88 bits per heavy atom. The van der Waals surface area contributed by atoms with E-state index in [2.05, 4.69) is 144 Å². The van der Waals surface area contributed by atoms with Gasteiger partial charge in [0.1, 0.15) is 5.82 Å². The van der Waals surface area contributed by atoms with Gasteiger partial charge in [-0.25, -0.2) is 9.97 Å². The summed E-state index contributed by atoms with van der Waals surface area (Å²) < 4.78 is 2.35. The molecule has 0 radical (unpaired) electrons. The first-order valence-corrected chi connectivity index (χ1v) is 13.9. The van der Waals surface area contributed by atoms with Gasteiger partial charge < -0.3 is 0 Å². The normalized spacial score (nSPS) is 11.9. The molecule has 0 aliphatic carbocycles. The fourth-order valence-electron chi connectivity index (χ4n) is 6.39. The van der Waals surface area contributed by atoms with Crippen molar-refractivity contribution in [3.8, 4) is 17.2 Å². The van der Waals surface area contributed by atoms with Crippen molar-refractivity contribution in [1.82, 2.24) is 14.5 Å². The van der Waals surface area contributed by atoms with Gasteiger partial charge >= 0.3 is 0 Å². The van der Waals surface area contributed by atoms with Gasteiger partial charge in [0.2, 0.25) is 0 Å². The van der Waals surface area contributed by atoms with Crippen LogP contribution in [0, 0.1) is 0 Å². The predicted octanol–water partition coefficient (Wildman–Crippen LogP) is 9.85. The van der Waals surface area contributed by atoms with Gasteiger partial charge in [0, 0.05) is 21.7 Å². The molecule has 9 aromatic rings. The highest BCUT2D eigenvalue weighted by molar-refractivity contribution is 6.23. The van der Waals surface area contributed by atoms with Crippen molar-refractivity contribution in [3.05, 3.63) is 140 Å². The lowest BCUT2D eigenvalue weighted by atomic mass is 10.0. The second-order valence-corrected chi connectivity index (χ2v) is 10.7. The van der Waals surface area contributed by atoms with Crippen LogP contribution in [0.3, 0.4) is 0 Å². The van der Waals surface area contributed by atoms with Crippen LogP contribution in [-0.4, -0.2) is 14.5 Å². The zero-order chi connectivity index (χ0) is 26.9. The summed E-state index contributed by atoms with van der Waals surface area (Å²) in [5.41, 5.74) is 4.22. The Balaban J connectivity index is 1.44. The molecule has 0 unspecified atom stereocenters. The maximum Gasteiger partial charge on any atom is 0.162 e. The summed E-state index contributed by atoms with van der Waals surface area (Å²) in [5.74, 6) is 1.62. The van der Waals surface area contributed by atoms with Crippen molar-refractivity contribution in [2.75, 3.05) is 0 Å². The molecule has 0 amide bonds. The van der Waals surface area contributed by atoms with E-state index >= 15 is 0 Å². The van der Waals surface area contributed by atoms with Crippen LogP contribution >= 0.6 is 0 Å². The third kappa shape index (κ3) is 3.33. The van der Waals surface area contributed by atoms with E-state index in [4.69, 9.17) is 9.97 Å². The predicted molar refractivity (Wildman–Crippen MR) is 172 cm³/mol. The molecule has 0 aliphatic rings. The number of fused-ring (bicyclic) bond motifs is 8. The summed E-state index contributed by atoms with van der Waals surface area (Å²) in [6.45, 7) is 0. The zero-order valence-corrected chi connectivity index (χ0v) is 22.1. The third-order valence-electron chi connectivity index (χ3n) is 8.32. The number of rotatable bonds is 2. The van der Waals surface area contributed by atoms with Crippen LogP contribution in [0.4, 0.5) is 0 Å². The molecular formula is C38H23N3. The Labute approximate surface area is 235 Å². The monoisotopic (exact) mass is 521 g/mol. The maximum absolute atomic E-state index is 5.33. The first-order chi connectivity index (χ1) is 20.3. The van der Waals surface area contributed by atoms with Crippen LogP contribution in [0.15, 0.2) is 140 Å². The summed E-state index contributed by atoms with van der Waals surface area (Å²) in [6, 6.07) is 49.6. The van der Waals surface area contributed by atoms with Gasteiger partial charge in [-0.15, -0.1) is 0 Å². The molecule has 7 aromatic carbocycles. The number of benzene rings is 7. The van der Waals surface area contributed by atoms with E-state index in [1.54, 1.807) is 0 Å². The van der Waals surface area contributed by atoms with Gasteiger partial charge in [0.25, 0.3) is 0 Å². The van der Waals surface area contributed by atoms with Crippen LogP contribution < -0.4 is 0 Å². The van der Waals surface area contributed by atoms with E-state index < -0.39 is 0 Å². The minimum Gasteiger partial charge on any atom is -0.293 e. The van der Waals surface area contributed by atoms with Crippen molar-refractivity contribution in [3.63, 3.8) is 0 Å². The second-order valence-electron chi connectivity index (χ2n) is 10.7. The van der Waals surface area contributed by atoms with E-state index in [-0.39, 0.29) is 0 Å². The zero-order valence-electron chi connectivity index (χ0n) is 22.1. The smallest absolute Gasteiger partial charge is 0.162 e. The van der Waals surface area contributed by atoms with Crippen LogP contribution in [0.2, 0.25) is 0 Å². The van der Waals surface area contributed by atoms with Gasteiger partial charge in [-0.1, -0.05) is 103 Å². The quantitative estimate of drug-likeness (QED) is 0.227. The fourth-order valence-corrected chi connectivity index (χ4v) is 6.39. The average Bonchev–Trinajstić information content (AvgIpc) is 3.36. The lowest BCUT2D eigenvalue weighted by Gasteiger charge is -2.13. The molecule has 2 heterocycles. The Hall–Kier alpha value is -5.54. The minimum atomic E-state index is 0.723. The summed E-state index contributed by atoms with van der Waals surface area (Å²) in [4.78, 5) is 10.4. The molecule has 9 rings (SSSR count). The highest BCUT2D eigenvalue weighted by atomic mass is 15.1. The van der Waals surface area contributed by atoms with Crippen molar-refractivity contribution in [1.29, 1.82) is 0 Å². The van der Waals surface area contributed by atoms with E-state index in [0.29, 0.717) is 0 Å². The Kier molecular flexibility index (Phi) is 4.61. The molecule has 0 N–H and O–H groups in total. The molecule has 0 fully saturated rings. The van der Waals surface area contributed by atoms with Crippen molar-refractivity contribution >= 4 is 65.0 Å². The molecule has 0 atom stereocenters. The molecule has 0 aliphatic heterocycles. The number of aromatic nitrogens is 3. The first-order valence-electron chi connectivity index (χ1n) is 13.9. The third-order valence-corrected chi connectivity index (χ3v) is 8.32. The highest BCUT2D eigenvalue weighted by Crippen LogP contribution is 2.40. The highest BCUT2D eigenvalue weighted by Gasteiger charge is 2.19. The Morgan fingerprint density at radius 1 is 0.415 bits per heavy atom. The number of hydrogen-bond acceptors (Lipinski definition) is 2. The summed E-state index contributed by atoms with van der Waals surface area (Å²) in [7, 11) is 0. The van der Waals surface area contributed by atoms with Gasteiger partial charge in [-0.05, 0) is 68.7 Å². The number of para-hydroxylation sites is 1. The van der Waals surface area contributed by atoms with Gasteiger partial charge in [0.15, 0.2) is 5.82 Å². The van der Waals surface area contributed by atoms with Crippen LogP contribution in [0.25, 0.3) is 82.2 Å². The van der Waals surface area contributed by atoms with Crippen molar-refractivity contribution in [2.45, 2.75) is 0 Å². The lowest BCUT2D eigenvalue weighted by Crippen LogP contribution is -2.02. The minimum absolute atomic E-state index is 0.723. The van der Waals surface area contributed by atoms with E-state index in [1.165, 1.54) is 43.1 Å². The largest absolute Gasteiger partial charge is 0.293 e. The lowest BCUT2D eigenvalue weighted by molar-refractivity contribution is 1.08. The standard InChI is InChI=1S/C38H23N3/c1-2-11-26-21-29(18-17-24(26)9-1)37-39-33-16-8-7-15-31(33)38(40-37)41-34-20-19-25-10-5-6-14-30(25)36(34)32-22-27-12-3-4-13-28(27)23-35(32)41/h1-23H. The Morgan fingerprint density at radius 2 is 1.05 bits per heavy atom. The maximum atomic E-state index is 5.33. The fraction of sp³-hybridized carbons (Fsp3) is 0. The molecule has 190 valence electrons. The number of hydrogen-bond donors (Lipinski definition) is 0. The molecule has 0 saturated heterocycles. The van der Waals surface area contributed by atoms with Crippen molar-refractivity contribution < 1.29 is 0 Å². The molecule has 0 saturated carbocycles. The molecular weight excluding hydrogens is 498 g/mol. The van der Waals surface area contributed by atoms with Gasteiger partial charge in [-0.3, -0.25) is 4.57 Å². The topological polar surface area (TPSA) is 30.7 Å².